The monoisotopic (exact) mass is 404 g/mol. The normalized spacial score (nSPS) is 10.7. The van der Waals surface area contributed by atoms with E-state index in [-0.39, 0.29) is 12.5 Å². The molecule has 2 aromatic heterocycles. The standard InChI is InChI=1S/C22H20N4O4/c1-25(18-12-22(28)30-19-6-4-3-5-16(18)19)15-7-8-20(29-2)17(11-15)24-21(27)13-26-10-9-23-14-26/h3-12,14H,13H2,1-2H3,(H,24,27). The highest BCUT2D eigenvalue weighted by molar-refractivity contribution is 5.95. The SMILES string of the molecule is COc1ccc(N(C)c2cc(=O)oc3ccccc23)cc1NC(=O)Cn1ccnc1. The first-order valence-corrected chi connectivity index (χ1v) is 9.25. The van der Waals surface area contributed by atoms with Gasteiger partial charge in [-0.3, -0.25) is 4.79 Å². The number of nitrogens with one attached hydrogen (secondary N) is 1. The summed E-state index contributed by atoms with van der Waals surface area (Å²) in [5, 5.41) is 3.68. The third-order valence-corrected chi connectivity index (χ3v) is 4.72. The molecule has 2 heterocycles. The van der Waals surface area contributed by atoms with Gasteiger partial charge in [0.25, 0.3) is 0 Å². The van der Waals surface area contributed by atoms with Crippen LogP contribution in [0.15, 0.2) is 76.5 Å². The lowest BCUT2D eigenvalue weighted by atomic mass is 10.1. The number of rotatable bonds is 6. The molecule has 2 aromatic carbocycles. The van der Waals surface area contributed by atoms with Crippen molar-refractivity contribution in [3.63, 3.8) is 0 Å². The number of imidazole rings is 1. The second-order valence-electron chi connectivity index (χ2n) is 6.67. The first-order valence-electron chi connectivity index (χ1n) is 9.25. The Hall–Kier alpha value is -4.07. The van der Waals surface area contributed by atoms with Crippen LogP contribution in [0.2, 0.25) is 0 Å². The Labute approximate surface area is 172 Å². The number of amides is 1. The average molecular weight is 404 g/mol. The number of nitrogens with zero attached hydrogens (tertiary/aromatic N) is 3. The number of hydrogen-bond donors (Lipinski definition) is 1. The summed E-state index contributed by atoms with van der Waals surface area (Å²) in [5.74, 6) is 0.320. The van der Waals surface area contributed by atoms with Crippen molar-refractivity contribution in [2.45, 2.75) is 6.54 Å². The van der Waals surface area contributed by atoms with Gasteiger partial charge in [-0.1, -0.05) is 12.1 Å². The van der Waals surface area contributed by atoms with Crippen LogP contribution in [0.4, 0.5) is 17.1 Å². The molecule has 0 aliphatic rings. The smallest absolute Gasteiger partial charge is 0.338 e. The quantitative estimate of drug-likeness (QED) is 0.496. The minimum Gasteiger partial charge on any atom is -0.495 e. The zero-order chi connectivity index (χ0) is 21.1. The molecule has 0 spiro atoms. The maximum atomic E-state index is 12.4. The molecule has 8 nitrogen and oxygen atoms in total. The topological polar surface area (TPSA) is 89.6 Å². The van der Waals surface area contributed by atoms with Crippen LogP contribution in [-0.2, 0) is 11.3 Å². The van der Waals surface area contributed by atoms with E-state index in [4.69, 9.17) is 9.15 Å². The predicted octanol–water partition coefficient (Wildman–Crippen LogP) is 3.40. The minimum absolute atomic E-state index is 0.133. The molecule has 8 heteroatoms. The Morgan fingerprint density at radius 2 is 2.07 bits per heavy atom. The molecule has 0 atom stereocenters. The van der Waals surface area contributed by atoms with E-state index < -0.39 is 5.63 Å². The summed E-state index contributed by atoms with van der Waals surface area (Å²) in [6.07, 6.45) is 4.91. The Bertz CT molecular complexity index is 1250. The number of anilines is 3. The van der Waals surface area contributed by atoms with Gasteiger partial charge >= 0.3 is 5.63 Å². The number of fused-ring (bicyclic) bond motifs is 1. The lowest BCUT2D eigenvalue weighted by Gasteiger charge is -2.22. The van der Waals surface area contributed by atoms with E-state index in [0.717, 1.165) is 11.1 Å². The number of ether oxygens (including phenoxy) is 1. The van der Waals surface area contributed by atoms with Crippen molar-refractivity contribution in [2.24, 2.45) is 0 Å². The second-order valence-corrected chi connectivity index (χ2v) is 6.67. The maximum Gasteiger partial charge on any atom is 0.338 e. The van der Waals surface area contributed by atoms with Crippen LogP contribution in [0.5, 0.6) is 5.75 Å². The van der Waals surface area contributed by atoms with Crippen LogP contribution >= 0.6 is 0 Å². The fraction of sp³-hybridized carbons (Fsp3) is 0.136. The molecular weight excluding hydrogens is 384 g/mol. The molecule has 30 heavy (non-hydrogen) atoms. The fourth-order valence-corrected chi connectivity index (χ4v) is 3.25. The third-order valence-electron chi connectivity index (χ3n) is 4.72. The largest absolute Gasteiger partial charge is 0.495 e. The number of methoxy groups -OCH3 is 1. The Balaban J connectivity index is 1.67. The predicted molar refractivity (Wildman–Crippen MR) is 114 cm³/mol. The molecule has 0 aliphatic heterocycles. The van der Waals surface area contributed by atoms with Gasteiger partial charge in [-0.25, -0.2) is 9.78 Å². The minimum atomic E-state index is -0.432. The highest BCUT2D eigenvalue weighted by atomic mass is 16.5. The van der Waals surface area contributed by atoms with Crippen molar-refractivity contribution in [1.82, 2.24) is 9.55 Å². The van der Waals surface area contributed by atoms with Gasteiger partial charge in [0.05, 0.1) is 24.8 Å². The maximum absolute atomic E-state index is 12.4. The van der Waals surface area contributed by atoms with E-state index in [0.29, 0.717) is 22.7 Å². The molecule has 0 aliphatic carbocycles. The summed E-state index contributed by atoms with van der Waals surface area (Å²) in [7, 11) is 3.39. The van der Waals surface area contributed by atoms with Gasteiger partial charge < -0.3 is 23.9 Å². The molecule has 0 unspecified atom stereocenters. The molecule has 0 bridgehead atoms. The molecule has 152 valence electrons. The van der Waals surface area contributed by atoms with Crippen LogP contribution in [0.3, 0.4) is 0 Å². The van der Waals surface area contributed by atoms with Crippen molar-refractivity contribution in [1.29, 1.82) is 0 Å². The molecule has 1 amide bonds. The molecule has 0 saturated heterocycles. The summed E-state index contributed by atoms with van der Waals surface area (Å²) in [5.41, 5.74) is 2.07. The van der Waals surface area contributed by atoms with Gasteiger partial charge in [0.1, 0.15) is 17.9 Å². The number of aromatic nitrogens is 2. The van der Waals surface area contributed by atoms with Gasteiger partial charge in [-0.2, -0.15) is 0 Å². The lowest BCUT2D eigenvalue weighted by molar-refractivity contribution is -0.116. The number of hydrogen-bond acceptors (Lipinski definition) is 6. The first kappa shape index (κ1) is 19.3. The van der Waals surface area contributed by atoms with Crippen molar-refractivity contribution in [3.8, 4) is 5.75 Å². The first-order chi connectivity index (χ1) is 14.5. The van der Waals surface area contributed by atoms with Crippen molar-refractivity contribution >= 4 is 33.9 Å². The zero-order valence-electron chi connectivity index (χ0n) is 16.5. The van der Waals surface area contributed by atoms with Gasteiger partial charge in [0.15, 0.2) is 0 Å². The highest BCUT2D eigenvalue weighted by Gasteiger charge is 2.15. The number of carbonyl (C=O) groups excluding carboxylic acids is 1. The van der Waals surface area contributed by atoms with Gasteiger partial charge in [-0.05, 0) is 30.3 Å². The zero-order valence-corrected chi connectivity index (χ0v) is 16.5. The fourth-order valence-electron chi connectivity index (χ4n) is 3.25. The lowest BCUT2D eigenvalue weighted by Crippen LogP contribution is -2.19. The summed E-state index contributed by atoms with van der Waals surface area (Å²) in [6, 6.07) is 14.2. The molecular formula is C22H20N4O4. The third kappa shape index (κ3) is 3.88. The van der Waals surface area contributed by atoms with Gasteiger partial charge in [0.2, 0.25) is 5.91 Å². The summed E-state index contributed by atoms with van der Waals surface area (Å²) in [6.45, 7) is 0.133. The highest BCUT2D eigenvalue weighted by Crippen LogP contribution is 2.34. The van der Waals surface area contributed by atoms with Crippen LogP contribution in [0, 0.1) is 0 Å². The van der Waals surface area contributed by atoms with E-state index in [1.807, 2.05) is 36.2 Å². The Kier molecular flexibility index (Phi) is 5.21. The summed E-state index contributed by atoms with van der Waals surface area (Å²) in [4.78, 5) is 30.3. The van der Waals surface area contributed by atoms with E-state index in [1.165, 1.54) is 6.07 Å². The van der Waals surface area contributed by atoms with Crippen LogP contribution < -0.4 is 20.6 Å². The number of para-hydroxylation sites is 1. The van der Waals surface area contributed by atoms with Crippen LogP contribution in [-0.4, -0.2) is 29.6 Å². The van der Waals surface area contributed by atoms with Crippen LogP contribution in [0.25, 0.3) is 11.0 Å². The molecule has 0 radical (unpaired) electrons. The van der Waals surface area contributed by atoms with Crippen molar-refractivity contribution < 1.29 is 13.9 Å². The number of carbonyl (C=O) groups is 1. The Morgan fingerprint density at radius 3 is 2.83 bits per heavy atom. The summed E-state index contributed by atoms with van der Waals surface area (Å²) < 4.78 is 12.4. The van der Waals surface area contributed by atoms with E-state index in [2.05, 4.69) is 10.3 Å². The van der Waals surface area contributed by atoms with E-state index >= 15 is 0 Å². The van der Waals surface area contributed by atoms with Crippen molar-refractivity contribution in [3.05, 3.63) is 77.7 Å². The molecule has 0 fully saturated rings. The average Bonchev–Trinajstić information content (AvgIpc) is 3.25. The number of benzene rings is 2. The Morgan fingerprint density at radius 1 is 1.23 bits per heavy atom. The van der Waals surface area contributed by atoms with Crippen LogP contribution in [0.1, 0.15) is 0 Å². The van der Waals surface area contributed by atoms with Crippen molar-refractivity contribution in [2.75, 3.05) is 24.4 Å². The van der Waals surface area contributed by atoms with Gasteiger partial charge in [0, 0.05) is 36.6 Å². The summed E-state index contributed by atoms with van der Waals surface area (Å²) >= 11 is 0. The molecule has 4 aromatic rings. The van der Waals surface area contributed by atoms with E-state index in [1.54, 1.807) is 48.6 Å². The second kappa shape index (κ2) is 8.12. The molecule has 0 saturated carbocycles. The molecule has 4 rings (SSSR count). The molecule has 1 N–H and O–H groups in total. The van der Waals surface area contributed by atoms with E-state index in [9.17, 15) is 9.59 Å². The van der Waals surface area contributed by atoms with Gasteiger partial charge in [-0.15, -0.1) is 0 Å².